The van der Waals surface area contributed by atoms with Gasteiger partial charge in [0.05, 0.1) is 25.5 Å². The minimum Gasteiger partial charge on any atom is -0.490 e. The number of ether oxygens (including phenoxy) is 2. The normalized spacial score (nSPS) is 15.8. The summed E-state index contributed by atoms with van der Waals surface area (Å²) in [6.45, 7) is 4.11. The molecule has 1 aromatic carbocycles. The fourth-order valence-corrected chi connectivity index (χ4v) is 3.69. The van der Waals surface area contributed by atoms with Crippen molar-refractivity contribution in [2.75, 3.05) is 29.9 Å². The van der Waals surface area contributed by atoms with Crippen LogP contribution in [0.25, 0.3) is 6.08 Å². The van der Waals surface area contributed by atoms with Crippen molar-refractivity contribution in [3.63, 3.8) is 0 Å². The van der Waals surface area contributed by atoms with E-state index in [9.17, 15) is 4.79 Å². The van der Waals surface area contributed by atoms with Crippen molar-refractivity contribution in [2.24, 2.45) is 0 Å². The molecule has 0 radical (unpaired) electrons. The predicted octanol–water partition coefficient (Wildman–Crippen LogP) is 4.16. The highest BCUT2D eigenvalue weighted by Gasteiger charge is 2.24. The maximum absolute atomic E-state index is 10.6. The molecule has 0 amide bonds. The first-order chi connectivity index (χ1) is 16.6. The monoisotopic (exact) mass is 461 g/mol. The molecule has 0 spiro atoms. The van der Waals surface area contributed by atoms with Crippen LogP contribution in [-0.4, -0.2) is 51.8 Å². The SMILES string of the molecule is CCOc1ccccc1OC1CCCN(c2cncc(Nc3ccc(C=CC(=O)O)cn3)n2)C1. The van der Waals surface area contributed by atoms with Gasteiger partial charge in [0.2, 0.25) is 0 Å². The third-order valence-corrected chi connectivity index (χ3v) is 5.23. The van der Waals surface area contributed by atoms with Crippen LogP contribution >= 0.6 is 0 Å². The van der Waals surface area contributed by atoms with E-state index in [1.165, 1.54) is 6.08 Å². The predicted molar refractivity (Wildman–Crippen MR) is 130 cm³/mol. The zero-order valence-electron chi connectivity index (χ0n) is 18.9. The van der Waals surface area contributed by atoms with Crippen molar-refractivity contribution < 1.29 is 19.4 Å². The van der Waals surface area contributed by atoms with E-state index in [-0.39, 0.29) is 6.10 Å². The van der Waals surface area contributed by atoms with Gasteiger partial charge in [0.1, 0.15) is 17.7 Å². The number of rotatable bonds is 9. The zero-order valence-corrected chi connectivity index (χ0v) is 18.9. The van der Waals surface area contributed by atoms with Crippen molar-refractivity contribution in [3.05, 3.63) is 66.6 Å². The molecule has 2 N–H and O–H groups in total. The summed E-state index contributed by atoms with van der Waals surface area (Å²) in [5.41, 5.74) is 0.693. The average molecular weight is 462 g/mol. The van der Waals surface area contributed by atoms with E-state index >= 15 is 0 Å². The molecule has 176 valence electrons. The summed E-state index contributed by atoms with van der Waals surface area (Å²) >= 11 is 0. The molecule has 1 fully saturated rings. The molecule has 2 aromatic heterocycles. The number of carboxylic acids is 1. The first kappa shape index (κ1) is 23.0. The van der Waals surface area contributed by atoms with Crippen LogP contribution in [0, 0.1) is 0 Å². The number of pyridine rings is 1. The van der Waals surface area contributed by atoms with Crippen LogP contribution in [0.15, 0.2) is 61.1 Å². The number of carboxylic acid groups (broad SMARTS) is 1. The van der Waals surface area contributed by atoms with Gasteiger partial charge in [0.15, 0.2) is 17.3 Å². The van der Waals surface area contributed by atoms with Gasteiger partial charge in [0, 0.05) is 18.8 Å². The number of aliphatic carboxylic acids is 1. The highest BCUT2D eigenvalue weighted by Crippen LogP contribution is 2.30. The van der Waals surface area contributed by atoms with Gasteiger partial charge in [-0.1, -0.05) is 12.1 Å². The molecule has 0 aliphatic carbocycles. The lowest BCUT2D eigenvalue weighted by molar-refractivity contribution is -0.131. The van der Waals surface area contributed by atoms with Crippen molar-refractivity contribution >= 4 is 29.5 Å². The molecule has 3 heterocycles. The van der Waals surface area contributed by atoms with Gasteiger partial charge in [0.25, 0.3) is 0 Å². The molecule has 1 saturated heterocycles. The van der Waals surface area contributed by atoms with Crippen molar-refractivity contribution in [2.45, 2.75) is 25.9 Å². The minimum absolute atomic E-state index is 0.0156. The number of hydrogen-bond acceptors (Lipinski definition) is 8. The quantitative estimate of drug-likeness (QED) is 0.454. The summed E-state index contributed by atoms with van der Waals surface area (Å²) in [7, 11) is 0. The maximum Gasteiger partial charge on any atom is 0.328 e. The molecular weight excluding hydrogens is 434 g/mol. The maximum atomic E-state index is 10.6. The Balaban J connectivity index is 1.40. The molecule has 9 nitrogen and oxygen atoms in total. The lowest BCUT2D eigenvalue weighted by Crippen LogP contribution is -2.41. The molecule has 0 saturated carbocycles. The fraction of sp³-hybridized carbons (Fsp3) is 0.280. The summed E-state index contributed by atoms with van der Waals surface area (Å²) < 4.78 is 12.0. The lowest BCUT2D eigenvalue weighted by atomic mass is 10.1. The third kappa shape index (κ3) is 6.22. The Morgan fingerprint density at radius 1 is 1.18 bits per heavy atom. The van der Waals surface area contributed by atoms with Crippen molar-refractivity contribution in [3.8, 4) is 11.5 Å². The molecule has 1 unspecified atom stereocenters. The van der Waals surface area contributed by atoms with E-state index in [1.807, 2.05) is 31.2 Å². The zero-order chi connectivity index (χ0) is 23.8. The fourth-order valence-electron chi connectivity index (χ4n) is 3.69. The minimum atomic E-state index is -1.00. The van der Waals surface area contributed by atoms with Gasteiger partial charge in [-0.05, 0) is 55.7 Å². The molecule has 9 heteroatoms. The second kappa shape index (κ2) is 11.1. The summed E-state index contributed by atoms with van der Waals surface area (Å²) in [5, 5.41) is 11.9. The standard InChI is InChI=1S/C25H27N5O4/c1-2-33-20-7-3-4-8-21(20)34-19-6-5-13-30(17-19)24-16-26-15-23(29-24)28-22-11-9-18(14-27-22)10-12-25(31)32/h3-4,7-12,14-16,19H,2,5-6,13,17H2,1H3,(H,31,32)(H,27,28,29). The van der Waals surface area contributed by atoms with E-state index in [4.69, 9.17) is 19.6 Å². The van der Waals surface area contributed by atoms with Crippen LogP contribution in [0.1, 0.15) is 25.3 Å². The van der Waals surface area contributed by atoms with E-state index in [2.05, 4.69) is 20.2 Å². The van der Waals surface area contributed by atoms with E-state index in [1.54, 1.807) is 30.7 Å². The van der Waals surface area contributed by atoms with Crippen LogP contribution < -0.4 is 19.7 Å². The van der Waals surface area contributed by atoms with Crippen molar-refractivity contribution in [1.29, 1.82) is 0 Å². The molecule has 3 aromatic rings. The van der Waals surface area contributed by atoms with Gasteiger partial charge in [-0.3, -0.25) is 4.98 Å². The summed E-state index contributed by atoms with van der Waals surface area (Å²) in [5.74, 6) is 2.43. The Hall–Kier alpha value is -4.14. The smallest absolute Gasteiger partial charge is 0.328 e. The molecule has 4 rings (SSSR count). The average Bonchev–Trinajstić information content (AvgIpc) is 2.85. The summed E-state index contributed by atoms with van der Waals surface area (Å²) in [4.78, 5) is 26.2. The van der Waals surface area contributed by atoms with E-state index in [0.29, 0.717) is 30.4 Å². The van der Waals surface area contributed by atoms with Gasteiger partial charge in [-0.2, -0.15) is 0 Å². The first-order valence-electron chi connectivity index (χ1n) is 11.2. The number of aromatic nitrogens is 3. The van der Waals surface area contributed by atoms with Gasteiger partial charge >= 0.3 is 5.97 Å². The lowest BCUT2D eigenvalue weighted by Gasteiger charge is -2.33. The number of carbonyl (C=O) groups is 1. The van der Waals surface area contributed by atoms with Crippen LogP contribution in [0.5, 0.6) is 11.5 Å². The van der Waals surface area contributed by atoms with Crippen molar-refractivity contribution in [1.82, 2.24) is 15.0 Å². The second-order valence-corrected chi connectivity index (χ2v) is 7.74. The van der Waals surface area contributed by atoms with E-state index < -0.39 is 5.97 Å². The molecule has 1 aliphatic rings. The van der Waals surface area contributed by atoms with E-state index in [0.717, 1.165) is 42.8 Å². The Labute approximate surface area is 198 Å². The Morgan fingerprint density at radius 2 is 2.03 bits per heavy atom. The number of hydrogen-bond donors (Lipinski definition) is 2. The molecule has 1 aliphatic heterocycles. The Kier molecular flexibility index (Phi) is 7.54. The second-order valence-electron chi connectivity index (χ2n) is 7.74. The van der Waals surface area contributed by atoms with Crippen LogP contribution in [0.4, 0.5) is 17.5 Å². The molecule has 34 heavy (non-hydrogen) atoms. The Bertz CT molecular complexity index is 1140. The van der Waals surface area contributed by atoms with Crippen LogP contribution in [0.3, 0.4) is 0 Å². The highest BCUT2D eigenvalue weighted by atomic mass is 16.5. The summed E-state index contributed by atoms with van der Waals surface area (Å²) in [6, 6.07) is 11.3. The third-order valence-electron chi connectivity index (χ3n) is 5.23. The number of anilines is 3. The van der Waals surface area contributed by atoms with Crippen LogP contribution in [0.2, 0.25) is 0 Å². The molecule has 0 bridgehead atoms. The highest BCUT2D eigenvalue weighted by molar-refractivity contribution is 5.85. The van der Waals surface area contributed by atoms with Gasteiger partial charge in [-0.15, -0.1) is 0 Å². The number of para-hydroxylation sites is 2. The van der Waals surface area contributed by atoms with Gasteiger partial charge in [-0.25, -0.2) is 14.8 Å². The number of piperidine rings is 1. The number of nitrogens with zero attached hydrogens (tertiary/aromatic N) is 4. The number of benzene rings is 1. The first-order valence-corrected chi connectivity index (χ1v) is 11.2. The summed E-state index contributed by atoms with van der Waals surface area (Å²) in [6.07, 6.45) is 9.48. The molecule has 1 atom stereocenters. The topological polar surface area (TPSA) is 110 Å². The number of nitrogens with one attached hydrogen (secondary N) is 1. The molecular formula is C25H27N5O4. The van der Waals surface area contributed by atoms with Crippen LogP contribution in [-0.2, 0) is 4.79 Å². The Morgan fingerprint density at radius 3 is 2.79 bits per heavy atom. The largest absolute Gasteiger partial charge is 0.490 e. The van der Waals surface area contributed by atoms with Gasteiger partial charge < -0.3 is 24.8 Å².